The van der Waals surface area contributed by atoms with Gasteiger partial charge in [-0.1, -0.05) is 54.3 Å². The maximum atomic E-state index is 3.35. The highest BCUT2D eigenvalue weighted by molar-refractivity contribution is 14.2. The van der Waals surface area contributed by atoms with Gasteiger partial charge in [0.25, 0.3) is 0 Å². The van der Waals surface area contributed by atoms with Crippen molar-refractivity contribution < 1.29 is 0 Å². The minimum atomic E-state index is 1.09. The minimum Gasteiger partial charge on any atom is -0.0620 e. The summed E-state index contributed by atoms with van der Waals surface area (Å²) in [6.45, 7) is 4.22. The lowest BCUT2D eigenvalue weighted by atomic mass is 10.0. The Kier molecular flexibility index (Phi) is 5.67. The molecule has 0 spiro atoms. The molecule has 0 aliphatic carbocycles. The number of hydrogen-bond donors (Lipinski definition) is 0. The summed E-state index contributed by atoms with van der Waals surface area (Å²) < 4.78 is 1.19. The van der Waals surface area contributed by atoms with Crippen LogP contribution in [0.1, 0.15) is 22.3 Å². The van der Waals surface area contributed by atoms with Crippen molar-refractivity contribution >= 4 is 50.8 Å². The molecule has 0 aromatic heterocycles. The summed E-state index contributed by atoms with van der Waals surface area (Å²) >= 11 is 4.68. The van der Waals surface area contributed by atoms with Crippen LogP contribution in [0.2, 0.25) is 0 Å². The average Bonchev–Trinajstić information content (AvgIpc) is 2.42. The van der Waals surface area contributed by atoms with Crippen molar-refractivity contribution in [1.29, 1.82) is 0 Å². The molecular formula is C18H14I2. The van der Waals surface area contributed by atoms with Crippen molar-refractivity contribution in [3.63, 3.8) is 0 Å². The van der Waals surface area contributed by atoms with Crippen molar-refractivity contribution in [2.45, 2.75) is 13.8 Å². The molecule has 0 fully saturated rings. The van der Waals surface area contributed by atoms with Crippen molar-refractivity contribution in [3.8, 4) is 11.8 Å². The first-order valence-electron chi connectivity index (χ1n) is 6.28. The SMILES string of the molecule is Cc1ccccc1C#CC(=C(I)I)c1ccccc1C. The average molecular weight is 484 g/mol. The van der Waals surface area contributed by atoms with Crippen LogP contribution >= 0.6 is 45.2 Å². The highest BCUT2D eigenvalue weighted by atomic mass is 127. The van der Waals surface area contributed by atoms with Crippen LogP contribution in [0.5, 0.6) is 0 Å². The number of rotatable bonds is 1. The lowest BCUT2D eigenvalue weighted by Crippen LogP contribution is -1.87. The van der Waals surface area contributed by atoms with Gasteiger partial charge in [-0.2, -0.15) is 0 Å². The molecular weight excluding hydrogens is 470 g/mol. The molecule has 0 atom stereocenters. The van der Waals surface area contributed by atoms with E-state index in [1.54, 1.807) is 0 Å². The van der Waals surface area contributed by atoms with Crippen LogP contribution in [0, 0.1) is 25.7 Å². The topological polar surface area (TPSA) is 0 Å². The van der Waals surface area contributed by atoms with Gasteiger partial charge in [-0.05, 0) is 81.8 Å². The lowest BCUT2D eigenvalue weighted by molar-refractivity contribution is 1.43. The van der Waals surface area contributed by atoms with Crippen LogP contribution in [0.15, 0.2) is 50.1 Å². The van der Waals surface area contributed by atoms with Crippen molar-refractivity contribution in [3.05, 3.63) is 72.4 Å². The molecule has 0 nitrogen and oxygen atoms in total. The molecule has 0 N–H and O–H groups in total. The number of allylic oxidation sites excluding steroid dienone is 1. The lowest BCUT2D eigenvalue weighted by Gasteiger charge is -2.05. The van der Waals surface area contributed by atoms with Gasteiger partial charge in [0, 0.05) is 5.56 Å². The predicted octanol–water partition coefficient (Wildman–Crippen LogP) is 5.89. The Morgan fingerprint density at radius 2 is 1.45 bits per heavy atom. The molecule has 0 bridgehead atoms. The first-order chi connectivity index (χ1) is 9.59. The summed E-state index contributed by atoms with van der Waals surface area (Å²) in [5.41, 5.74) is 5.88. The number of aryl methyl sites for hydroxylation is 2. The largest absolute Gasteiger partial charge is 0.0676 e. The Balaban J connectivity index is 2.48. The van der Waals surface area contributed by atoms with E-state index in [-0.39, 0.29) is 0 Å². The number of hydrogen-bond acceptors (Lipinski definition) is 0. The predicted molar refractivity (Wildman–Crippen MR) is 104 cm³/mol. The number of halogens is 2. The van der Waals surface area contributed by atoms with Crippen molar-refractivity contribution in [1.82, 2.24) is 0 Å². The van der Waals surface area contributed by atoms with Crippen LogP contribution < -0.4 is 0 Å². The smallest absolute Gasteiger partial charge is 0.0620 e. The first kappa shape index (κ1) is 15.6. The molecule has 0 saturated heterocycles. The second-order valence-electron chi connectivity index (χ2n) is 4.52. The van der Waals surface area contributed by atoms with Gasteiger partial charge in [0.1, 0.15) is 0 Å². The summed E-state index contributed by atoms with van der Waals surface area (Å²) in [6.07, 6.45) is 0. The van der Waals surface area contributed by atoms with Gasteiger partial charge >= 0.3 is 0 Å². The van der Waals surface area contributed by atoms with Crippen LogP contribution in [0.3, 0.4) is 0 Å². The van der Waals surface area contributed by atoms with Crippen LogP contribution in [-0.2, 0) is 0 Å². The third-order valence-electron chi connectivity index (χ3n) is 3.07. The molecule has 2 heteroatoms. The van der Waals surface area contributed by atoms with Gasteiger partial charge in [0.05, 0.1) is 7.16 Å². The molecule has 0 radical (unpaired) electrons. The fourth-order valence-electron chi connectivity index (χ4n) is 1.91. The van der Waals surface area contributed by atoms with Crippen LogP contribution in [-0.4, -0.2) is 0 Å². The molecule has 20 heavy (non-hydrogen) atoms. The molecule has 2 aromatic carbocycles. The Labute approximate surface area is 148 Å². The maximum absolute atomic E-state index is 3.35. The van der Waals surface area contributed by atoms with E-state index >= 15 is 0 Å². The quantitative estimate of drug-likeness (QED) is 0.350. The molecule has 0 aliphatic rings. The second kappa shape index (κ2) is 7.28. The standard InChI is InChI=1S/C18H14I2/c1-13-7-3-5-9-15(13)11-12-17(18(19)20)16-10-6-4-8-14(16)2/h3-10H,1-2H3. The summed E-state index contributed by atoms with van der Waals surface area (Å²) in [6, 6.07) is 16.6. The molecule has 2 rings (SSSR count). The van der Waals surface area contributed by atoms with Crippen LogP contribution in [0.25, 0.3) is 5.57 Å². The van der Waals surface area contributed by atoms with Gasteiger partial charge in [-0.3, -0.25) is 0 Å². The Hall–Kier alpha value is -0.800. The van der Waals surface area contributed by atoms with Gasteiger partial charge in [0.15, 0.2) is 0 Å². The van der Waals surface area contributed by atoms with E-state index in [2.05, 4.69) is 107 Å². The summed E-state index contributed by atoms with van der Waals surface area (Å²) in [5, 5.41) is 0. The third-order valence-corrected chi connectivity index (χ3v) is 4.15. The zero-order valence-electron chi connectivity index (χ0n) is 11.4. The second-order valence-corrected chi connectivity index (χ2v) is 8.74. The zero-order chi connectivity index (χ0) is 14.5. The fraction of sp³-hybridized carbons (Fsp3) is 0.111. The highest BCUT2D eigenvalue weighted by Gasteiger charge is 2.05. The first-order valence-corrected chi connectivity index (χ1v) is 8.44. The van der Waals surface area contributed by atoms with Gasteiger partial charge in [-0.15, -0.1) is 0 Å². The van der Waals surface area contributed by atoms with Gasteiger partial charge in [-0.25, -0.2) is 0 Å². The van der Waals surface area contributed by atoms with E-state index in [0.29, 0.717) is 0 Å². The third kappa shape index (κ3) is 3.86. The van der Waals surface area contributed by atoms with Gasteiger partial charge < -0.3 is 0 Å². The van der Waals surface area contributed by atoms with E-state index in [9.17, 15) is 0 Å². The van der Waals surface area contributed by atoms with Crippen molar-refractivity contribution in [2.75, 3.05) is 0 Å². The van der Waals surface area contributed by atoms with E-state index in [1.165, 1.54) is 18.3 Å². The van der Waals surface area contributed by atoms with E-state index < -0.39 is 0 Å². The fourth-order valence-corrected chi connectivity index (χ4v) is 2.76. The highest BCUT2D eigenvalue weighted by Crippen LogP contribution is 2.29. The Morgan fingerprint density at radius 3 is 2.05 bits per heavy atom. The summed E-state index contributed by atoms with van der Waals surface area (Å²) in [5.74, 6) is 6.65. The normalized spacial score (nSPS) is 9.60. The van der Waals surface area contributed by atoms with Crippen LogP contribution in [0.4, 0.5) is 0 Å². The maximum Gasteiger partial charge on any atom is 0.0676 e. The Morgan fingerprint density at radius 1 is 0.850 bits per heavy atom. The van der Waals surface area contributed by atoms with E-state index in [4.69, 9.17) is 0 Å². The molecule has 0 aliphatic heterocycles. The molecule has 0 unspecified atom stereocenters. The zero-order valence-corrected chi connectivity index (χ0v) is 15.7. The van der Waals surface area contributed by atoms with E-state index in [0.717, 1.165) is 11.1 Å². The molecule has 0 heterocycles. The number of benzene rings is 2. The molecule has 100 valence electrons. The molecule has 2 aromatic rings. The summed E-state index contributed by atoms with van der Waals surface area (Å²) in [7, 11) is 0. The monoisotopic (exact) mass is 484 g/mol. The minimum absolute atomic E-state index is 1.09. The molecule has 0 amide bonds. The van der Waals surface area contributed by atoms with E-state index in [1.807, 2.05) is 12.1 Å². The summed E-state index contributed by atoms with van der Waals surface area (Å²) in [4.78, 5) is 0. The molecule has 0 saturated carbocycles. The van der Waals surface area contributed by atoms with Gasteiger partial charge in [0.2, 0.25) is 0 Å². The van der Waals surface area contributed by atoms with Crippen molar-refractivity contribution in [2.24, 2.45) is 0 Å². The Bertz CT molecular complexity index is 711.